The summed E-state index contributed by atoms with van der Waals surface area (Å²) in [4.78, 5) is 17.9. The molecule has 0 aliphatic heterocycles. The van der Waals surface area contributed by atoms with E-state index in [9.17, 15) is 14.5 Å². The topological polar surface area (TPSA) is 83.8 Å². The van der Waals surface area contributed by atoms with Crippen LogP contribution in [0.2, 0.25) is 0 Å². The Kier molecular flexibility index (Phi) is 4.18. The average Bonchev–Trinajstić information content (AvgIpc) is 2.94. The molecule has 0 unspecified atom stereocenters. The summed E-state index contributed by atoms with van der Waals surface area (Å²) in [6.45, 7) is 0.487. The highest BCUT2D eigenvalue weighted by molar-refractivity contribution is 5.74. The van der Waals surface area contributed by atoms with E-state index in [1.165, 1.54) is 12.1 Å². The normalized spacial score (nSPS) is 10.8. The van der Waals surface area contributed by atoms with E-state index < -0.39 is 16.4 Å². The molecular weight excluding hydrogens is 299 g/mol. The second kappa shape index (κ2) is 6.43. The zero-order valence-electron chi connectivity index (χ0n) is 12.3. The molecule has 6 nitrogen and oxygen atoms in total. The molecule has 0 saturated heterocycles. The number of fused-ring (bicyclic) bond motifs is 1. The first-order chi connectivity index (χ1) is 11.1. The van der Waals surface area contributed by atoms with Gasteiger partial charge in [-0.25, -0.2) is 4.98 Å². The highest BCUT2D eigenvalue weighted by Crippen LogP contribution is 2.27. The van der Waals surface area contributed by atoms with Crippen molar-refractivity contribution < 1.29 is 9.31 Å². The lowest BCUT2D eigenvalue weighted by atomic mass is 10.2. The lowest BCUT2D eigenvalue weighted by molar-refractivity contribution is -0.386. The van der Waals surface area contributed by atoms with Crippen LogP contribution in [-0.4, -0.2) is 21.4 Å². The quantitative estimate of drug-likeness (QED) is 0.413. The molecule has 1 heterocycles. The van der Waals surface area contributed by atoms with Gasteiger partial charge >= 0.3 is 5.69 Å². The Morgan fingerprint density at radius 2 is 2.04 bits per heavy atom. The molecule has 2 N–H and O–H groups in total. The molecule has 0 radical (unpaired) electrons. The number of nitro groups is 1. The van der Waals surface area contributed by atoms with Crippen LogP contribution in [0, 0.1) is 15.9 Å². The summed E-state index contributed by atoms with van der Waals surface area (Å²) in [6.07, 6.45) is 1.41. The number of nitro benzene ring substituents is 1. The first-order valence-electron chi connectivity index (χ1n) is 7.25. The van der Waals surface area contributed by atoms with Gasteiger partial charge in [-0.3, -0.25) is 10.1 Å². The first-order valence-corrected chi connectivity index (χ1v) is 7.25. The van der Waals surface area contributed by atoms with E-state index in [1.54, 1.807) is 0 Å². The molecule has 118 valence electrons. The number of hydrogen-bond acceptors (Lipinski definition) is 4. The summed E-state index contributed by atoms with van der Waals surface area (Å²) in [5, 5.41) is 13.8. The zero-order chi connectivity index (χ0) is 16.2. The summed E-state index contributed by atoms with van der Waals surface area (Å²) in [5.41, 5.74) is 1.57. The van der Waals surface area contributed by atoms with Crippen LogP contribution in [0.3, 0.4) is 0 Å². The number of para-hydroxylation sites is 3. The summed E-state index contributed by atoms with van der Waals surface area (Å²) in [6, 6.07) is 11.8. The fraction of sp³-hybridized carbons (Fsp3) is 0.188. The van der Waals surface area contributed by atoms with Crippen molar-refractivity contribution in [3.05, 3.63) is 64.2 Å². The van der Waals surface area contributed by atoms with Crippen molar-refractivity contribution >= 4 is 22.4 Å². The van der Waals surface area contributed by atoms with Crippen molar-refractivity contribution in [2.24, 2.45) is 0 Å². The maximum atomic E-state index is 13.5. The number of aryl methyl sites for hydroxylation is 1. The van der Waals surface area contributed by atoms with Crippen molar-refractivity contribution in [2.75, 3.05) is 11.9 Å². The van der Waals surface area contributed by atoms with Crippen LogP contribution in [0.1, 0.15) is 12.2 Å². The van der Waals surface area contributed by atoms with Gasteiger partial charge in [-0.15, -0.1) is 0 Å². The number of imidazole rings is 1. The van der Waals surface area contributed by atoms with Crippen LogP contribution in [-0.2, 0) is 6.42 Å². The molecule has 7 heteroatoms. The number of H-pyrrole nitrogens is 1. The number of nitrogens with zero attached hydrogens (tertiary/aromatic N) is 2. The Balaban J connectivity index is 1.60. The predicted molar refractivity (Wildman–Crippen MR) is 86.0 cm³/mol. The fourth-order valence-electron chi connectivity index (χ4n) is 2.45. The number of hydrogen-bond donors (Lipinski definition) is 2. The van der Waals surface area contributed by atoms with Crippen molar-refractivity contribution in [1.29, 1.82) is 0 Å². The minimum atomic E-state index is -0.836. The number of halogens is 1. The van der Waals surface area contributed by atoms with Crippen molar-refractivity contribution in [3.63, 3.8) is 0 Å². The maximum Gasteiger partial charge on any atom is 0.327 e. The average molecular weight is 314 g/mol. The molecule has 0 saturated carbocycles. The molecule has 0 amide bonds. The van der Waals surface area contributed by atoms with Gasteiger partial charge in [-0.2, -0.15) is 4.39 Å². The largest absolute Gasteiger partial charge is 0.379 e. The molecule has 3 rings (SSSR count). The van der Waals surface area contributed by atoms with Crippen LogP contribution >= 0.6 is 0 Å². The molecule has 3 aromatic rings. The van der Waals surface area contributed by atoms with Gasteiger partial charge < -0.3 is 10.3 Å². The second-order valence-corrected chi connectivity index (χ2v) is 5.12. The summed E-state index contributed by atoms with van der Waals surface area (Å²) >= 11 is 0. The molecule has 2 aromatic carbocycles. The summed E-state index contributed by atoms with van der Waals surface area (Å²) < 4.78 is 13.5. The van der Waals surface area contributed by atoms with Gasteiger partial charge in [0.1, 0.15) is 11.5 Å². The number of aromatic nitrogens is 2. The lowest BCUT2D eigenvalue weighted by Crippen LogP contribution is -2.06. The molecule has 0 spiro atoms. The van der Waals surface area contributed by atoms with E-state index >= 15 is 0 Å². The van der Waals surface area contributed by atoms with Gasteiger partial charge in [-0.1, -0.05) is 18.2 Å². The molecule has 0 aliphatic rings. The van der Waals surface area contributed by atoms with E-state index in [0.29, 0.717) is 19.4 Å². The van der Waals surface area contributed by atoms with Crippen molar-refractivity contribution in [1.82, 2.24) is 9.97 Å². The Bertz CT molecular complexity index is 814. The van der Waals surface area contributed by atoms with Crippen LogP contribution in [0.15, 0.2) is 42.5 Å². The van der Waals surface area contributed by atoms with Crippen LogP contribution < -0.4 is 5.32 Å². The van der Waals surface area contributed by atoms with E-state index in [4.69, 9.17) is 0 Å². The van der Waals surface area contributed by atoms with Gasteiger partial charge in [0, 0.05) is 13.0 Å². The molecule has 0 fully saturated rings. The van der Waals surface area contributed by atoms with Gasteiger partial charge in [-0.05, 0) is 30.7 Å². The number of rotatable bonds is 6. The van der Waals surface area contributed by atoms with Gasteiger partial charge in [0.25, 0.3) is 0 Å². The smallest absolute Gasteiger partial charge is 0.327 e. The minimum absolute atomic E-state index is 0.194. The zero-order valence-corrected chi connectivity index (χ0v) is 12.3. The van der Waals surface area contributed by atoms with E-state index in [2.05, 4.69) is 15.3 Å². The van der Waals surface area contributed by atoms with Crippen LogP contribution in [0.5, 0.6) is 0 Å². The van der Waals surface area contributed by atoms with E-state index in [-0.39, 0.29) is 5.69 Å². The Labute approximate surface area is 131 Å². The third kappa shape index (κ3) is 3.28. The highest BCUT2D eigenvalue weighted by Gasteiger charge is 2.19. The molecule has 23 heavy (non-hydrogen) atoms. The van der Waals surface area contributed by atoms with E-state index in [1.807, 2.05) is 24.3 Å². The summed E-state index contributed by atoms with van der Waals surface area (Å²) in [5.74, 6) is 0.0269. The Hall–Kier alpha value is -2.96. The maximum absolute atomic E-state index is 13.5. The fourth-order valence-corrected chi connectivity index (χ4v) is 2.45. The van der Waals surface area contributed by atoms with Gasteiger partial charge in [0.05, 0.1) is 16.0 Å². The first kappa shape index (κ1) is 15.0. The van der Waals surface area contributed by atoms with Crippen LogP contribution in [0.25, 0.3) is 11.0 Å². The predicted octanol–water partition coefficient (Wildman–Crippen LogP) is 3.65. The Morgan fingerprint density at radius 1 is 1.22 bits per heavy atom. The third-order valence-corrected chi connectivity index (χ3v) is 3.51. The molecule has 0 aliphatic carbocycles. The SMILES string of the molecule is O=[N+]([O-])c1c(F)cccc1NCCCc1nc2ccccc2[nH]1. The standard InChI is InChI=1S/C16H15FN4O2/c17-11-5-3-8-14(16(11)21(22)23)18-10-4-9-15-19-12-6-1-2-7-13(12)20-15/h1-3,5-8,18H,4,9-10H2,(H,19,20). The molecule has 1 aromatic heterocycles. The second-order valence-electron chi connectivity index (χ2n) is 5.12. The highest BCUT2D eigenvalue weighted by atomic mass is 19.1. The number of nitrogens with one attached hydrogen (secondary N) is 2. The monoisotopic (exact) mass is 314 g/mol. The summed E-state index contributed by atoms with van der Waals surface area (Å²) in [7, 11) is 0. The van der Waals surface area contributed by atoms with Crippen molar-refractivity contribution in [2.45, 2.75) is 12.8 Å². The molecule has 0 atom stereocenters. The van der Waals surface area contributed by atoms with E-state index in [0.717, 1.165) is 22.9 Å². The number of anilines is 1. The number of benzene rings is 2. The van der Waals surface area contributed by atoms with Crippen molar-refractivity contribution in [3.8, 4) is 0 Å². The van der Waals surface area contributed by atoms with Gasteiger partial charge in [0.2, 0.25) is 5.82 Å². The molecule has 0 bridgehead atoms. The van der Waals surface area contributed by atoms with Gasteiger partial charge in [0.15, 0.2) is 0 Å². The Morgan fingerprint density at radius 3 is 2.83 bits per heavy atom. The third-order valence-electron chi connectivity index (χ3n) is 3.51. The minimum Gasteiger partial charge on any atom is -0.379 e. The van der Waals surface area contributed by atoms with Crippen LogP contribution in [0.4, 0.5) is 15.8 Å². The molecular formula is C16H15FN4O2. The number of aromatic amines is 1. The lowest BCUT2D eigenvalue weighted by Gasteiger charge is -2.06.